The van der Waals surface area contributed by atoms with Crippen LogP contribution in [0.1, 0.15) is 37.2 Å². The van der Waals surface area contributed by atoms with Gasteiger partial charge in [-0.05, 0) is 44.7 Å². The number of nitrogens with one attached hydrogen (secondary N) is 1. The van der Waals surface area contributed by atoms with Crippen LogP contribution in [0.2, 0.25) is 0 Å². The van der Waals surface area contributed by atoms with Crippen LogP contribution in [0.5, 0.6) is 5.75 Å². The van der Waals surface area contributed by atoms with Crippen LogP contribution in [-0.4, -0.2) is 24.2 Å². The maximum Gasteiger partial charge on any atom is 0.128 e. The first-order valence-corrected chi connectivity index (χ1v) is 6.46. The molecule has 17 heavy (non-hydrogen) atoms. The highest BCUT2D eigenvalue weighted by Crippen LogP contribution is 2.36. The van der Waals surface area contributed by atoms with Gasteiger partial charge in [0.05, 0.1) is 6.10 Å². The van der Waals surface area contributed by atoms with E-state index in [-0.39, 0.29) is 0 Å². The number of nitrogens with two attached hydrogens (primary N) is 1. The Balaban J connectivity index is 1.84. The maximum absolute atomic E-state index is 5.95. The molecule has 0 radical (unpaired) electrons. The summed E-state index contributed by atoms with van der Waals surface area (Å²) in [5, 5.41) is 3.38. The number of anilines is 1. The second-order valence-corrected chi connectivity index (χ2v) is 4.99. The molecule has 3 N–H and O–H groups in total. The molecule has 0 spiro atoms. The largest absolute Gasteiger partial charge is 0.490 e. The van der Waals surface area contributed by atoms with Crippen LogP contribution in [0, 0.1) is 0 Å². The zero-order valence-electron chi connectivity index (χ0n) is 9.98. The van der Waals surface area contributed by atoms with Crippen molar-refractivity contribution in [2.24, 2.45) is 0 Å². The van der Waals surface area contributed by atoms with Gasteiger partial charge in [-0.15, -0.1) is 0 Å². The maximum atomic E-state index is 5.95. The molecule has 1 saturated heterocycles. The number of pyridine rings is 1. The van der Waals surface area contributed by atoms with Gasteiger partial charge in [-0.3, -0.25) is 0 Å². The highest BCUT2D eigenvalue weighted by molar-refractivity contribution is 5.44. The molecular weight excluding hydrogens is 214 g/mol. The molecule has 4 heteroatoms. The summed E-state index contributed by atoms with van der Waals surface area (Å²) in [6.07, 6.45) is 6.99. The molecule has 1 aliphatic carbocycles. The van der Waals surface area contributed by atoms with E-state index in [2.05, 4.69) is 10.3 Å². The van der Waals surface area contributed by atoms with E-state index in [0.29, 0.717) is 17.8 Å². The molecule has 3 rings (SSSR count). The molecule has 0 atom stereocenters. The Morgan fingerprint density at radius 2 is 2.00 bits per heavy atom. The third kappa shape index (κ3) is 2.52. The third-order valence-electron chi connectivity index (χ3n) is 3.51. The van der Waals surface area contributed by atoms with Crippen molar-refractivity contribution in [2.75, 3.05) is 18.8 Å². The number of piperidine rings is 1. The minimum atomic E-state index is 0.414. The first-order chi connectivity index (χ1) is 8.33. The van der Waals surface area contributed by atoms with Crippen molar-refractivity contribution in [1.29, 1.82) is 0 Å². The van der Waals surface area contributed by atoms with Gasteiger partial charge in [0, 0.05) is 17.8 Å². The van der Waals surface area contributed by atoms with E-state index < -0.39 is 0 Å². The number of ether oxygens (including phenoxy) is 1. The number of rotatable bonds is 3. The van der Waals surface area contributed by atoms with Gasteiger partial charge in [-0.1, -0.05) is 0 Å². The van der Waals surface area contributed by atoms with Gasteiger partial charge in [0.15, 0.2) is 0 Å². The molecule has 1 aliphatic heterocycles. The summed E-state index contributed by atoms with van der Waals surface area (Å²) in [4.78, 5) is 4.22. The molecule has 92 valence electrons. The normalized spacial score (nSPS) is 21.4. The fourth-order valence-corrected chi connectivity index (χ4v) is 2.37. The average Bonchev–Trinajstić information content (AvgIpc) is 3.14. The van der Waals surface area contributed by atoms with Gasteiger partial charge >= 0.3 is 0 Å². The lowest BCUT2D eigenvalue weighted by Gasteiger charge is -2.24. The zero-order chi connectivity index (χ0) is 11.7. The van der Waals surface area contributed by atoms with Crippen molar-refractivity contribution >= 4 is 5.82 Å². The highest BCUT2D eigenvalue weighted by Gasteiger charge is 2.27. The SMILES string of the molecule is Nc1cc(OC2CC2)c(C2CCNCC2)cn1. The number of hydrogen-bond donors (Lipinski definition) is 2. The van der Waals surface area contributed by atoms with E-state index in [1.54, 1.807) is 0 Å². The molecule has 4 nitrogen and oxygen atoms in total. The predicted molar refractivity (Wildman–Crippen MR) is 67.1 cm³/mol. The van der Waals surface area contributed by atoms with E-state index in [1.165, 1.54) is 18.4 Å². The Bertz CT molecular complexity index is 398. The fraction of sp³-hybridized carbons (Fsp3) is 0.615. The van der Waals surface area contributed by atoms with Crippen LogP contribution in [-0.2, 0) is 0 Å². The molecule has 0 bridgehead atoms. The molecule has 2 aliphatic rings. The summed E-state index contributed by atoms with van der Waals surface area (Å²) in [5.74, 6) is 2.09. The number of nitrogens with zero attached hydrogens (tertiary/aromatic N) is 1. The van der Waals surface area contributed by atoms with Gasteiger partial charge in [0.2, 0.25) is 0 Å². The lowest BCUT2D eigenvalue weighted by atomic mass is 9.91. The van der Waals surface area contributed by atoms with Gasteiger partial charge in [-0.25, -0.2) is 4.98 Å². The second kappa shape index (κ2) is 4.53. The number of hydrogen-bond acceptors (Lipinski definition) is 4. The van der Waals surface area contributed by atoms with Crippen LogP contribution in [0.3, 0.4) is 0 Å². The standard InChI is InChI=1S/C13H19N3O/c14-13-7-12(17-10-1-2-10)11(8-16-13)9-3-5-15-6-4-9/h7-10,15H,1-6H2,(H2,14,16). The molecule has 1 saturated carbocycles. The Hall–Kier alpha value is -1.29. The summed E-state index contributed by atoms with van der Waals surface area (Å²) >= 11 is 0. The monoisotopic (exact) mass is 233 g/mol. The average molecular weight is 233 g/mol. The predicted octanol–water partition coefficient (Wildman–Crippen LogP) is 1.67. The molecular formula is C13H19N3O. The first-order valence-electron chi connectivity index (χ1n) is 6.46. The van der Waals surface area contributed by atoms with Crippen LogP contribution in [0.4, 0.5) is 5.82 Å². The minimum Gasteiger partial charge on any atom is -0.490 e. The van der Waals surface area contributed by atoms with Crippen LogP contribution < -0.4 is 15.8 Å². The van der Waals surface area contributed by atoms with Crippen molar-refractivity contribution < 1.29 is 4.74 Å². The molecule has 2 fully saturated rings. The van der Waals surface area contributed by atoms with Crippen molar-refractivity contribution in [3.05, 3.63) is 17.8 Å². The van der Waals surface area contributed by atoms with E-state index in [1.807, 2.05) is 12.3 Å². The van der Waals surface area contributed by atoms with Crippen molar-refractivity contribution in [1.82, 2.24) is 10.3 Å². The van der Waals surface area contributed by atoms with Crippen molar-refractivity contribution in [3.8, 4) is 5.75 Å². The van der Waals surface area contributed by atoms with Crippen LogP contribution in [0.15, 0.2) is 12.3 Å². The molecule has 0 unspecified atom stereocenters. The summed E-state index contributed by atoms with van der Waals surface area (Å²) in [5.41, 5.74) is 6.99. The van der Waals surface area contributed by atoms with Gasteiger partial charge in [0.25, 0.3) is 0 Å². The van der Waals surface area contributed by atoms with Crippen molar-refractivity contribution in [2.45, 2.75) is 37.7 Å². The summed E-state index contributed by atoms with van der Waals surface area (Å²) < 4.78 is 5.95. The number of nitrogen functional groups attached to an aromatic ring is 1. The quantitative estimate of drug-likeness (QED) is 0.833. The van der Waals surface area contributed by atoms with Gasteiger partial charge in [-0.2, -0.15) is 0 Å². The van der Waals surface area contributed by atoms with E-state index >= 15 is 0 Å². The van der Waals surface area contributed by atoms with Gasteiger partial charge in [0.1, 0.15) is 11.6 Å². The smallest absolute Gasteiger partial charge is 0.128 e. The summed E-state index contributed by atoms with van der Waals surface area (Å²) in [6.45, 7) is 2.16. The van der Waals surface area contributed by atoms with Crippen LogP contribution in [0.25, 0.3) is 0 Å². The summed E-state index contributed by atoms with van der Waals surface area (Å²) in [7, 11) is 0. The third-order valence-corrected chi connectivity index (χ3v) is 3.51. The molecule has 2 heterocycles. The van der Waals surface area contributed by atoms with E-state index in [4.69, 9.17) is 10.5 Å². The Morgan fingerprint density at radius 3 is 2.71 bits per heavy atom. The first kappa shape index (κ1) is 10.8. The second-order valence-electron chi connectivity index (χ2n) is 4.99. The molecule has 1 aromatic rings. The Kier molecular flexibility index (Phi) is 2.89. The molecule has 0 aromatic carbocycles. The fourth-order valence-electron chi connectivity index (χ4n) is 2.37. The minimum absolute atomic E-state index is 0.414. The van der Waals surface area contributed by atoms with Gasteiger partial charge < -0.3 is 15.8 Å². The van der Waals surface area contributed by atoms with Crippen molar-refractivity contribution in [3.63, 3.8) is 0 Å². The molecule has 0 amide bonds. The Morgan fingerprint density at radius 1 is 1.24 bits per heavy atom. The molecule has 1 aromatic heterocycles. The topological polar surface area (TPSA) is 60.2 Å². The van der Waals surface area contributed by atoms with E-state index in [9.17, 15) is 0 Å². The number of aromatic nitrogens is 1. The van der Waals surface area contributed by atoms with E-state index in [0.717, 1.165) is 31.7 Å². The zero-order valence-corrected chi connectivity index (χ0v) is 9.98. The Labute approximate surface area is 102 Å². The van der Waals surface area contributed by atoms with Crippen LogP contribution >= 0.6 is 0 Å². The summed E-state index contributed by atoms with van der Waals surface area (Å²) in [6, 6.07) is 1.88. The lowest BCUT2D eigenvalue weighted by Crippen LogP contribution is -2.27. The highest BCUT2D eigenvalue weighted by atomic mass is 16.5. The lowest BCUT2D eigenvalue weighted by molar-refractivity contribution is 0.295.